The molecule has 2 heteroatoms. The number of halogens is 1. The van der Waals surface area contributed by atoms with Gasteiger partial charge in [0, 0.05) is 17.9 Å². The Labute approximate surface area is 87.7 Å². The van der Waals surface area contributed by atoms with Crippen LogP contribution >= 0.6 is 15.9 Å². The van der Waals surface area contributed by atoms with E-state index in [0.29, 0.717) is 6.04 Å². The lowest BCUT2D eigenvalue weighted by atomic mass is 10.0. The zero-order valence-electron chi connectivity index (χ0n) is 7.59. The molecule has 1 nitrogen and oxygen atoms in total. The number of alkyl halides is 1. The van der Waals surface area contributed by atoms with Crippen molar-refractivity contribution in [2.24, 2.45) is 0 Å². The quantitative estimate of drug-likeness (QED) is 0.801. The first-order valence-corrected chi connectivity index (χ1v) is 5.91. The monoisotopic (exact) mass is 239 g/mol. The molecular formula is C11H14BrN. The second kappa shape index (κ2) is 4.25. The minimum Gasteiger partial charge on any atom is -0.306 e. The molecule has 70 valence electrons. The fraction of sp³-hybridized carbons (Fsp3) is 0.455. The SMILES string of the molecule is BrCCCC1NCc2ccccc21. The molecule has 0 saturated heterocycles. The van der Waals surface area contributed by atoms with Gasteiger partial charge in [-0.1, -0.05) is 40.2 Å². The topological polar surface area (TPSA) is 12.0 Å². The summed E-state index contributed by atoms with van der Waals surface area (Å²) >= 11 is 3.47. The minimum atomic E-state index is 0.591. The van der Waals surface area contributed by atoms with E-state index < -0.39 is 0 Å². The molecule has 1 aromatic carbocycles. The highest BCUT2D eigenvalue weighted by molar-refractivity contribution is 9.09. The summed E-state index contributed by atoms with van der Waals surface area (Å²) in [5.74, 6) is 0. The van der Waals surface area contributed by atoms with Crippen LogP contribution < -0.4 is 5.32 Å². The van der Waals surface area contributed by atoms with Crippen LogP contribution in [-0.2, 0) is 6.54 Å². The van der Waals surface area contributed by atoms with Crippen molar-refractivity contribution in [3.8, 4) is 0 Å². The summed E-state index contributed by atoms with van der Waals surface area (Å²) < 4.78 is 0. The fourth-order valence-corrected chi connectivity index (χ4v) is 2.24. The highest BCUT2D eigenvalue weighted by Gasteiger charge is 2.19. The second-order valence-electron chi connectivity index (χ2n) is 3.46. The van der Waals surface area contributed by atoms with Crippen LogP contribution in [0, 0.1) is 0 Å². The lowest BCUT2D eigenvalue weighted by Gasteiger charge is -2.10. The molecule has 1 atom stereocenters. The van der Waals surface area contributed by atoms with Gasteiger partial charge in [0.25, 0.3) is 0 Å². The molecule has 1 aliphatic heterocycles. The van der Waals surface area contributed by atoms with Crippen LogP contribution in [0.4, 0.5) is 0 Å². The molecule has 0 radical (unpaired) electrons. The lowest BCUT2D eigenvalue weighted by molar-refractivity contribution is 0.538. The van der Waals surface area contributed by atoms with Gasteiger partial charge in [-0.15, -0.1) is 0 Å². The molecule has 1 heterocycles. The van der Waals surface area contributed by atoms with Gasteiger partial charge >= 0.3 is 0 Å². The number of hydrogen-bond acceptors (Lipinski definition) is 1. The van der Waals surface area contributed by atoms with Crippen LogP contribution in [0.15, 0.2) is 24.3 Å². The van der Waals surface area contributed by atoms with Gasteiger partial charge in [-0.3, -0.25) is 0 Å². The van der Waals surface area contributed by atoms with Gasteiger partial charge in [-0.2, -0.15) is 0 Å². The highest BCUT2D eigenvalue weighted by atomic mass is 79.9. The Morgan fingerprint density at radius 1 is 1.38 bits per heavy atom. The average molecular weight is 240 g/mol. The third-order valence-corrected chi connectivity index (χ3v) is 3.16. The van der Waals surface area contributed by atoms with E-state index in [1.54, 1.807) is 0 Å². The number of benzene rings is 1. The van der Waals surface area contributed by atoms with E-state index in [1.165, 1.54) is 24.0 Å². The van der Waals surface area contributed by atoms with Gasteiger partial charge in [0.1, 0.15) is 0 Å². The van der Waals surface area contributed by atoms with Crippen molar-refractivity contribution in [1.82, 2.24) is 5.32 Å². The van der Waals surface area contributed by atoms with Crippen molar-refractivity contribution < 1.29 is 0 Å². The molecule has 1 unspecified atom stereocenters. The second-order valence-corrected chi connectivity index (χ2v) is 4.26. The third kappa shape index (κ3) is 1.94. The fourth-order valence-electron chi connectivity index (χ4n) is 1.92. The smallest absolute Gasteiger partial charge is 0.0326 e. The third-order valence-electron chi connectivity index (χ3n) is 2.60. The first-order valence-electron chi connectivity index (χ1n) is 4.79. The summed E-state index contributed by atoms with van der Waals surface area (Å²) in [6.45, 7) is 1.04. The molecule has 1 aliphatic rings. The molecule has 0 aromatic heterocycles. The van der Waals surface area contributed by atoms with E-state index in [9.17, 15) is 0 Å². The summed E-state index contributed by atoms with van der Waals surface area (Å²) in [5.41, 5.74) is 2.98. The Kier molecular flexibility index (Phi) is 3.01. The summed E-state index contributed by atoms with van der Waals surface area (Å²) in [6, 6.07) is 9.30. The maximum atomic E-state index is 3.54. The zero-order valence-corrected chi connectivity index (χ0v) is 9.18. The molecule has 13 heavy (non-hydrogen) atoms. The van der Waals surface area contributed by atoms with Gasteiger partial charge < -0.3 is 5.32 Å². The normalized spacial score (nSPS) is 20.2. The van der Waals surface area contributed by atoms with Gasteiger partial charge in [0.15, 0.2) is 0 Å². The Hall–Kier alpha value is -0.340. The van der Waals surface area contributed by atoms with Crippen LogP contribution in [0.2, 0.25) is 0 Å². The number of nitrogens with one attached hydrogen (secondary N) is 1. The number of fused-ring (bicyclic) bond motifs is 1. The van der Waals surface area contributed by atoms with Crippen molar-refractivity contribution in [3.05, 3.63) is 35.4 Å². The number of rotatable bonds is 3. The van der Waals surface area contributed by atoms with Gasteiger partial charge in [-0.25, -0.2) is 0 Å². The van der Waals surface area contributed by atoms with E-state index in [1.807, 2.05) is 0 Å². The molecule has 2 rings (SSSR count). The summed E-state index contributed by atoms with van der Waals surface area (Å²) in [6.07, 6.45) is 2.48. The van der Waals surface area contributed by atoms with Crippen molar-refractivity contribution in [1.29, 1.82) is 0 Å². The Bertz CT molecular complexity index is 285. The lowest BCUT2D eigenvalue weighted by Crippen LogP contribution is -2.11. The molecule has 0 amide bonds. The molecule has 1 N–H and O–H groups in total. The summed E-state index contributed by atoms with van der Waals surface area (Å²) in [7, 11) is 0. The Morgan fingerprint density at radius 2 is 2.23 bits per heavy atom. The minimum absolute atomic E-state index is 0.591. The van der Waals surface area contributed by atoms with Crippen molar-refractivity contribution in [2.45, 2.75) is 25.4 Å². The predicted molar refractivity (Wildman–Crippen MR) is 59.1 cm³/mol. The van der Waals surface area contributed by atoms with Crippen LogP contribution in [-0.4, -0.2) is 5.33 Å². The van der Waals surface area contributed by atoms with E-state index in [4.69, 9.17) is 0 Å². The van der Waals surface area contributed by atoms with Gasteiger partial charge in [0.05, 0.1) is 0 Å². The van der Waals surface area contributed by atoms with Crippen LogP contribution in [0.25, 0.3) is 0 Å². The van der Waals surface area contributed by atoms with Crippen molar-refractivity contribution in [2.75, 3.05) is 5.33 Å². The maximum Gasteiger partial charge on any atom is 0.0326 e. The number of hydrogen-bond donors (Lipinski definition) is 1. The molecular weight excluding hydrogens is 226 g/mol. The van der Waals surface area contributed by atoms with E-state index >= 15 is 0 Å². The van der Waals surface area contributed by atoms with Crippen LogP contribution in [0.3, 0.4) is 0 Å². The molecule has 0 aliphatic carbocycles. The summed E-state index contributed by atoms with van der Waals surface area (Å²) in [5, 5.41) is 4.64. The maximum absolute atomic E-state index is 3.54. The largest absolute Gasteiger partial charge is 0.306 e. The first-order chi connectivity index (χ1) is 6.42. The summed E-state index contributed by atoms with van der Waals surface area (Å²) in [4.78, 5) is 0. The highest BCUT2D eigenvalue weighted by Crippen LogP contribution is 2.28. The zero-order chi connectivity index (χ0) is 9.10. The van der Waals surface area contributed by atoms with Crippen LogP contribution in [0.5, 0.6) is 0 Å². The average Bonchev–Trinajstić information content (AvgIpc) is 2.58. The Balaban J connectivity index is 2.09. The van der Waals surface area contributed by atoms with Crippen LogP contribution in [0.1, 0.15) is 30.0 Å². The first kappa shape index (κ1) is 9.22. The Morgan fingerprint density at radius 3 is 3.08 bits per heavy atom. The van der Waals surface area contributed by atoms with E-state index in [2.05, 4.69) is 45.5 Å². The van der Waals surface area contributed by atoms with Gasteiger partial charge in [-0.05, 0) is 24.0 Å². The predicted octanol–water partition coefficient (Wildman–Crippen LogP) is 3.01. The molecule has 0 spiro atoms. The molecule has 1 aromatic rings. The molecule has 0 bridgehead atoms. The van der Waals surface area contributed by atoms with Gasteiger partial charge in [0.2, 0.25) is 0 Å². The van der Waals surface area contributed by atoms with E-state index in [0.717, 1.165) is 11.9 Å². The van der Waals surface area contributed by atoms with Crippen molar-refractivity contribution >= 4 is 15.9 Å². The molecule has 0 fully saturated rings. The van der Waals surface area contributed by atoms with E-state index in [-0.39, 0.29) is 0 Å². The van der Waals surface area contributed by atoms with Crippen molar-refractivity contribution in [3.63, 3.8) is 0 Å². The standard InChI is InChI=1S/C11H14BrN/c12-7-3-6-11-10-5-2-1-4-9(10)8-13-11/h1-2,4-5,11,13H,3,6-8H2. The molecule has 0 saturated carbocycles.